The number of para-hydroxylation sites is 3. The van der Waals surface area contributed by atoms with E-state index in [9.17, 15) is 8.42 Å². The van der Waals surface area contributed by atoms with Gasteiger partial charge >= 0.3 is 0 Å². The van der Waals surface area contributed by atoms with Crippen molar-refractivity contribution in [2.75, 3.05) is 29.8 Å². The van der Waals surface area contributed by atoms with Crippen molar-refractivity contribution in [1.82, 2.24) is 9.97 Å². The first kappa shape index (κ1) is 23.5. The van der Waals surface area contributed by atoms with Crippen LogP contribution in [0.25, 0.3) is 11.0 Å². The molecule has 0 fully saturated rings. The second kappa shape index (κ2) is 10.5. The topological polar surface area (TPSA) is 84.4 Å². The normalized spacial score (nSPS) is 11.4. The maximum atomic E-state index is 13.1. The highest BCUT2D eigenvalue weighted by atomic mass is 32.2. The van der Waals surface area contributed by atoms with Crippen LogP contribution in [0.1, 0.15) is 18.9 Å². The first-order valence-electron chi connectivity index (χ1n) is 11.2. The van der Waals surface area contributed by atoms with Crippen LogP contribution >= 0.6 is 0 Å². The van der Waals surface area contributed by atoms with E-state index in [2.05, 4.69) is 26.5 Å². The van der Waals surface area contributed by atoms with Crippen molar-refractivity contribution in [3.63, 3.8) is 0 Å². The predicted octanol–water partition coefficient (Wildman–Crippen LogP) is 4.90. The lowest BCUT2D eigenvalue weighted by Gasteiger charge is -2.20. The van der Waals surface area contributed by atoms with Gasteiger partial charge in [0.05, 0.1) is 22.5 Å². The van der Waals surface area contributed by atoms with Gasteiger partial charge in [-0.1, -0.05) is 55.8 Å². The minimum absolute atomic E-state index is 0.0682. The molecule has 0 aliphatic rings. The molecule has 7 nitrogen and oxygen atoms in total. The average Bonchev–Trinajstić information content (AvgIpc) is 2.85. The van der Waals surface area contributed by atoms with Gasteiger partial charge in [-0.05, 0) is 48.4 Å². The second-order valence-electron chi connectivity index (χ2n) is 7.97. The molecule has 0 saturated carbocycles. The zero-order valence-electron chi connectivity index (χ0n) is 19.3. The summed E-state index contributed by atoms with van der Waals surface area (Å²) in [6, 6.07) is 24.1. The Morgan fingerprint density at radius 2 is 1.53 bits per heavy atom. The lowest BCUT2D eigenvalue weighted by Crippen LogP contribution is -2.24. The smallest absolute Gasteiger partial charge is 0.263 e. The number of rotatable bonds is 10. The Bertz CT molecular complexity index is 1340. The maximum absolute atomic E-state index is 13.1. The summed E-state index contributed by atoms with van der Waals surface area (Å²) in [5, 5.41) is 0. The molecule has 8 heteroatoms. The van der Waals surface area contributed by atoms with E-state index in [1.54, 1.807) is 18.2 Å². The van der Waals surface area contributed by atoms with Crippen LogP contribution in [0, 0.1) is 0 Å². The highest BCUT2D eigenvalue weighted by Gasteiger charge is 2.20. The predicted molar refractivity (Wildman–Crippen MR) is 136 cm³/mol. The van der Waals surface area contributed by atoms with Gasteiger partial charge in [0, 0.05) is 12.7 Å². The van der Waals surface area contributed by atoms with E-state index in [1.165, 1.54) is 0 Å². The Kier molecular flexibility index (Phi) is 7.27. The molecule has 3 aromatic carbocycles. The first-order valence-corrected chi connectivity index (χ1v) is 12.7. The van der Waals surface area contributed by atoms with Crippen LogP contribution in [0.3, 0.4) is 0 Å². The molecule has 176 valence electrons. The highest BCUT2D eigenvalue weighted by Crippen LogP contribution is 2.26. The Labute approximate surface area is 200 Å². The van der Waals surface area contributed by atoms with Crippen molar-refractivity contribution >= 4 is 32.6 Å². The number of ether oxygens (including phenoxy) is 1. The molecule has 0 atom stereocenters. The molecule has 0 saturated heterocycles. The molecule has 0 amide bonds. The fourth-order valence-electron chi connectivity index (χ4n) is 3.55. The number of likely N-dealkylation sites (N-methyl/N-ethyl adjacent to an activating group) is 1. The van der Waals surface area contributed by atoms with Gasteiger partial charge in [-0.3, -0.25) is 4.72 Å². The van der Waals surface area contributed by atoms with Crippen LogP contribution in [0.5, 0.6) is 5.88 Å². The molecule has 0 aliphatic heterocycles. The number of sulfonamides is 1. The van der Waals surface area contributed by atoms with Crippen LogP contribution < -0.4 is 14.4 Å². The van der Waals surface area contributed by atoms with Crippen LogP contribution in [-0.4, -0.2) is 38.6 Å². The number of aryl methyl sites for hydroxylation is 1. The van der Waals surface area contributed by atoms with Gasteiger partial charge in [0.25, 0.3) is 15.9 Å². The van der Waals surface area contributed by atoms with Gasteiger partial charge < -0.3 is 9.64 Å². The maximum Gasteiger partial charge on any atom is 0.263 e. The van der Waals surface area contributed by atoms with E-state index in [1.807, 2.05) is 67.7 Å². The second-order valence-corrected chi connectivity index (χ2v) is 9.65. The van der Waals surface area contributed by atoms with E-state index >= 15 is 0 Å². The van der Waals surface area contributed by atoms with Crippen molar-refractivity contribution < 1.29 is 13.2 Å². The van der Waals surface area contributed by atoms with E-state index in [0.29, 0.717) is 24.2 Å². The Morgan fingerprint density at radius 3 is 2.21 bits per heavy atom. The number of benzene rings is 3. The first-order chi connectivity index (χ1) is 16.5. The number of nitrogens with zero attached hydrogens (tertiary/aromatic N) is 3. The Morgan fingerprint density at radius 1 is 0.882 bits per heavy atom. The minimum atomic E-state index is -3.86. The molecular weight excluding hydrogens is 448 g/mol. The van der Waals surface area contributed by atoms with Gasteiger partial charge in [0.2, 0.25) is 5.82 Å². The fraction of sp³-hybridized carbons (Fsp3) is 0.231. The molecule has 0 radical (unpaired) electrons. The van der Waals surface area contributed by atoms with Gasteiger partial charge in [0.15, 0.2) is 0 Å². The molecule has 0 bridgehead atoms. The summed E-state index contributed by atoms with van der Waals surface area (Å²) in [7, 11) is -1.89. The summed E-state index contributed by atoms with van der Waals surface area (Å²) in [4.78, 5) is 11.2. The number of nitrogens with one attached hydrogen (secondary N) is 1. The Hall–Kier alpha value is -3.65. The van der Waals surface area contributed by atoms with Crippen molar-refractivity contribution in [2.24, 2.45) is 0 Å². The van der Waals surface area contributed by atoms with Crippen molar-refractivity contribution in [1.29, 1.82) is 0 Å². The monoisotopic (exact) mass is 476 g/mol. The van der Waals surface area contributed by atoms with E-state index in [0.717, 1.165) is 24.1 Å². The molecule has 4 aromatic rings. The molecule has 1 N–H and O–H groups in total. The average molecular weight is 477 g/mol. The molecule has 34 heavy (non-hydrogen) atoms. The summed E-state index contributed by atoms with van der Waals surface area (Å²) >= 11 is 0. The number of fused-ring (bicyclic) bond motifs is 1. The van der Waals surface area contributed by atoms with Crippen molar-refractivity contribution in [2.45, 2.75) is 24.7 Å². The quantitative estimate of drug-likeness (QED) is 0.351. The number of aromatic nitrogens is 2. The largest absolute Gasteiger partial charge is 0.473 e. The van der Waals surface area contributed by atoms with E-state index < -0.39 is 10.0 Å². The molecule has 0 spiro atoms. The number of anilines is 2. The molecule has 4 rings (SSSR count). The van der Waals surface area contributed by atoms with Gasteiger partial charge in [0.1, 0.15) is 6.61 Å². The molecular formula is C26H28N4O3S. The number of hydrogen-bond acceptors (Lipinski definition) is 6. The lowest BCUT2D eigenvalue weighted by atomic mass is 10.1. The zero-order chi connectivity index (χ0) is 24.0. The van der Waals surface area contributed by atoms with Crippen LogP contribution in [-0.2, 0) is 16.4 Å². The Balaban J connectivity index is 1.56. The van der Waals surface area contributed by atoms with Crippen LogP contribution in [0.2, 0.25) is 0 Å². The summed E-state index contributed by atoms with van der Waals surface area (Å²) in [5.41, 5.74) is 3.36. The third-order valence-corrected chi connectivity index (χ3v) is 6.76. The third kappa shape index (κ3) is 5.63. The van der Waals surface area contributed by atoms with Crippen molar-refractivity contribution in [3.8, 4) is 5.88 Å². The van der Waals surface area contributed by atoms with Gasteiger partial charge in [-0.15, -0.1) is 0 Å². The lowest BCUT2D eigenvalue weighted by molar-refractivity contribution is 0.315. The van der Waals surface area contributed by atoms with Gasteiger partial charge in [-0.2, -0.15) is 0 Å². The highest BCUT2D eigenvalue weighted by molar-refractivity contribution is 7.92. The minimum Gasteiger partial charge on any atom is -0.473 e. The molecule has 1 aromatic heterocycles. The van der Waals surface area contributed by atoms with Gasteiger partial charge in [-0.25, -0.2) is 18.4 Å². The summed E-state index contributed by atoms with van der Waals surface area (Å²) in [6.45, 7) is 2.98. The molecule has 1 heterocycles. The summed E-state index contributed by atoms with van der Waals surface area (Å²) < 4.78 is 34.7. The molecule has 0 aliphatic carbocycles. The summed E-state index contributed by atoms with van der Waals surface area (Å²) in [6.07, 6.45) is 1.90. The SMILES string of the molecule is CCCc1ccc(S(=O)(=O)Nc2nc3ccccc3nc2OCCN(C)c2ccccc2)cc1. The fourth-order valence-corrected chi connectivity index (χ4v) is 4.55. The van der Waals surface area contributed by atoms with Crippen molar-refractivity contribution in [3.05, 3.63) is 84.4 Å². The van der Waals surface area contributed by atoms with E-state index in [4.69, 9.17) is 4.74 Å². The molecule has 0 unspecified atom stereocenters. The zero-order valence-corrected chi connectivity index (χ0v) is 20.1. The van der Waals surface area contributed by atoms with Crippen LogP contribution in [0.15, 0.2) is 83.8 Å². The third-order valence-electron chi connectivity index (χ3n) is 5.40. The van der Waals surface area contributed by atoms with Crippen LogP contribution in [0.4, 0.5) is 11.5 Å². The number of hydrogen-bond donors (Lipinski definition) is 1. The van der Waals surface area contributed by atoms with E-state index in [-0.39, 0.29) is 16.6 Å². The standard InChI is InChI=1S/C26H28N4O3S/c1-3-9-20-14-16-22(17-15-20)34(31,32)29-25-26(28-24-13-8-7-12-23(24)27-25)33-19-18-30(2)21-10-5-4-6-11-21/h4-8,10-17H,3,9,18-19H2,1-2H3,(H,27,29). The summed E-state index contributed by atoms with van der Waals surface area (Å²) in [5.74, 6) is 0.213.